The number of rotatable bonds is 2. The number of aldehydes is 1. The Hall–Kier alpha value is -1.06. The highest BCUT2D eigenvalue weighted by atomic mass is 32.2. The molecule has 0 spiro atoms. The van der Waals surface area contributed by atoms with Gasteiger partial charge < -0.3 is 4.55 Å². The third kappa shape index (κ3) is 9.03. The minimum atomic E-state index is -0.611. The SMILES string of the molecule is C[S+](C)[O-].O=C/C=C/c1ccccc1. The van der Waals surface area contributed by atoms with Crippen molar-refractivity contribution in [3.05, 3.63) is 42.0 Å². The highest BCUT2D eigenvalue weighted by molar-refractivity contribution is 7.89. The topological polar surface area (TPSA) is 40.1 Å². The van der Waals surface area contributed by atoms with Crippen LogP contribution >= 0.6 is 0 Å². The molecule has 1 rings (SSSR count). The average Bonchev–Trinajstić information content (AvgIpc) is 2.15. The predicted molar refractivity (Wildman–Crippen MR) is 61.5 cm³/mol. The second-order valence-electron chi connectivity index (χ2n) is 2.65. The summed E-state index contributed by atoms with van der Waals surface area (Å²) in [6.45, 7) is 0. The summed E-state index contributed by atoms with van der Waals surface area (Å²) in [5.74, 6) is 0. The Morgan fingerprint density at radius 2 is 1.71 bits per heavy atom. The molecule has 1 aromatic carbocycles. The fraction of sp³-hybridized carbons (Fsp3) is 0.182. The maximum atomic E-state index is 9.89. The zero-order valence-electron chi connectivity index (χ0n) is 8.34. The number of allylic oxidation sites excluding steroid dienone is 1. The van der Waals surface area contributed by atoms with Crippen LogP contribution in [0.2, 0.25) is 0 Å². The van der Waals surface area contributed by atoms with Crippen molar-refractivity contribution in [2.75, 3.05) is 12.5 Å². The van der Waals surface area contributed by atoms with Gasteiger partial charge in [-0.25, -0.2) is 0 Å². The molecule has 0 atom stereocenters. The van der Waals surface area contributed by atoms with Gasteiger partial charge in [-0.15, -0.1) is 0 Å². The molecule has 76 valence electrons. The van der Waals surface area contributed by atoms with E-state index in [2.05, 4.69) is 0 Å². The zero-order chi connectivity index (χ0) is 10.8. The average molecular weight is 210 g/mol. The minimum absolute atomic E-state index is 0.611. The van der Waals surface area contributed by atoms with E-state index in [1.54, 1.807) is 18.6 Å². The van der Waals surface area contributed by atoms with Gasteiger partial charge in [-0.2, -0.15) is 0 Å². The first-order valence-electron chi connectivity index (χ1n) is 4.08. The van der Waals surface area contributed by atoms with Crippen molar-refractivity contribution in [3.8, 4) is 0 Å². The van der Waals surface area contributed by atoms with Crippen molar-refractivity contribution in [1.29, 1.82) is 0 Å². The van der Waals surface area contributed by atoms with E-state index in [4.69, 9.17) is 0 Å². The van der Waals surface area contributed by atoms with Gasteiger partial charge in [0.15, 0.2) is 0 Å². The molecule has 2 nitrogen and oxygen atoms in total. The molecule has 0 heterocycles. The number of carbonyl (C=O) groups excluding carboxylic acids is 1. The van der Waals surface area contributed by atoms with Crippen LogP contribution in [0.5, 0.6) is 0 Å². The molecule has 0 aliphatic heterocycles. The molecule has 0 aliphatic carbocycles. The summed E-state index contributed by atoms with van der Waals surface area (Å²) >= 11 is -0.611. The van der Waals surface area contributed by atoms with E-state index in [0.29, 0.717) is 0 Å². The molecule has 0 N–H and O–H groups in total. The van der Waals surface area contributed by atoms with E-state index in [-0.39, 0.29) is 0 Å². The lowest BCUT2D eigenvalue weighted by Crippen LogP contribution is -1.86. The normalized spacial score (nSPS) is 9.71. The highest BCUT2D eigenvalue weighted by Crippen LogP contribution is 1.99. The first kappa shape index (κ1) is 12.9. The van der Waals surface area contributed by atoms with Crippen molar-refractivity contribution >= 4 is 23.5 Å². The van der Waals surface area contributed by atoms with Gasteiger partial charge in [-0.1, -0.05) is 47.6 Å². The molecule has 0 aliphatic rings. The van der Waals surface area contributed by atoms with Crippen molar-refractivity contribution in [2.24, 2.45) is 0 Å². The zero-order valence-corrected chi connectivity index (χ0v) is 9.16. The third-order valence-corrected chi connectivity index (χ3v) is 1.17. The summed E-state index contributed by atoms with van der Waals surface area (Å²) in [6.07, 6.45) is 7.30. The maximum absolute atomic E-state index is 9.89. The largest absolute Gasteiger partial charge is 0.617 e. The standard InChI is InChI=1S/C9H8O.C2H6OS/c10-8-4-7-9-5-2-1-3-6-9;1-4(2)3/h1-8H;1-2H3/b7-4+;. The van der Waals surface area contributed by atoms with Gasteiger partial charge in [-0.05, 0) is 11.6 Å². The molecule has 0 fully saturated rings. The fourth-order valence-corrected chi connectivity index (χ4v) is 0.715. The van der Waals surface area contributed by atoms with Crippen molar-refractivity contribution in [2.45, 2.75) is 0 Å². The minimum Gasteiger partial charge on any atom is -0.617 e. The van der Waals surface area contributed by atoms with Gasteiger partial charge in [0, 0.05) is 0 Å². The molecular formula is C11H14O2S. The van der Waals surface area contributed by atoms with Crippen molar-refractivity contribution in [1.82, 2.24) is 0 Å². The molecule has 14 heavy (non-hydrogen) atoms. The van der Waals surface area contributed by atoms with Crippen LogP contribution in [0.4, 0.5) is 0 Å². The Bertz CT molecular complexity index is 265. The van der Waals surface area contributed by atoms with Crippen LogP contribution in [-0.2, 0) is 16.0 Å². The molecule has 0 saturated carbocycles. The summed E-state index contributed by atoms with van der Waals surface area (Å²) in [6, 6.07) is 9.70. The third-order valence-electron chi connectivity index (χ3n) is 1.17. The molecule has 0 aromatic heterocycles. The lowest BCUT2D eigenvalue weighted by molar-refractivity contribution is -0.104. The fourth-order valence-electron chi connectivity index (χ4n) is 0.715. The molecular weight excluding hydrogens is 196 g/mol. The van der Waals surface area contributed by atoms with Crippen molar-refractivity contribution < 1.29 is 9.35 Å². The van der Waals surface area contributed by atoms with E-state index in [1.807, 2.05) is 30.3 Å². The Morgan fingerprint density at radius 1 is 1.21 bits per heavy atom. The summed E-state index contributed by atoms with van der Waals surface area (Å²) in [5, 5.41) is 0. The van der Waals surface area contributed by atoms with Gasteiger partial charge in [0.25, 0.3) is 0 Å². The number of carbonyl (C=O) groups is 1. The van der Waals surface area contributed by atoms with Crippen LogP contribution in [0.3, 0.4) is 0 Å². The van der Waals surface area contributed by atoms with E-state index < -0.39 is 11.2 Å². The van der Waals surface area contributed by atoms with Crippen LogP contribution in [0, 0.1) is 0 Å². The molecule has 0 amide bonds. The van der Waals surface area contributed by atoms with Gasteiger partial charge in [0.2, 0.25) is 0 Å². The van der Waals surface area contributed by atoms with E-state index >= 15 is 0 Å². The Labute approximate surface area is 87.8 Å². The number of hydrogen-bond acceptors (Lipinski definition) is 2. The quantitative estimate of drug-likeness (QED) is 0.425. The molecule has 0 unspecified atom stereocenters. The van der Waals surface area contributed by atoms with Gasteiger partial charge in [0.05, 0.1) is 12.5 Å². The van der Waals surface area contributed by atoms with E-state index in [1.165, 1.54) is 6.08 Å². The van der Waals surface area contributed by atoms with Crippen LogP contribution in [0.1, 0.15) is 5.56 Å². The van der Waals surface area contributed by atoms with Crippen LogP contribution in [0.15, 0.2) is 36.4 Å². The highest BCUT2D eigenvalue weighted by Gasteiger charge is 1.79. The summed E-state index contributed by atoms with van der Waals surface area (Å²) < 4.78 is 9.56. The summed E-state index contributed by atoms with van der Waals surface area (Å²) in [4.78, 5) is 9.89. The maximum Gasteiger partial charge on any atom is 0.142 e. The second-order valence-corrected chi connectivity index (χ2v) is 4.13. The van der Waals surface area contributed by atoms with E-state index in [0.717, 1.165) is 11.8 Å². The molecule has 3 heteroatoms. The first-order valence-corrected chi connectivity index (χ1v) is 6.05. The van der Waals surface area contributed by atoms with Crippen molar-refractivity contribution in [3.63, 3.8) is 0 Å². The Balaban J connectivity index is 0.000000364. The van der Waals surface area contributed by atoms with Crippen LogP contribution in [0.25, 0.3) is 6.08 Å². The van der Waals surface area contributed by atoms with Crippen LogP contribution < -0.4 is 0 Å². The molecule has 0 saturated heterocycles. The first-order chi connectivity index (χ1) is 6.66. The van der Waals surface area contributed by atoms with Gasteiger partial charge >= 0.3 is 0 Å². The Morgan fingerprint density at radius 3 is 2.14 bits per heavy atom. The number of hydrogen-bond donors (Lipinski definition) is 0. The lowest BCUT2D eigenvalue weighted by Gasteiger charge is -1.87. The lowest BCUT2D eigenvalue weighted by atomic mass is 10.2. The summed E-state index contributed by atoms with van der Waals surface area (Å²) in [5.41, 5.74) is 1.05. The number of benzene rings is 1. The van der Waals surface area contributed by atoms with Gasteiger partial charge in [0.1, 0.15) is 6.29 Å². The Kier molecular flexibility index (Phi) is 7.89. The van der Waals surface area contributed by atoms with E-state index in [9.17, 15) is 9.35 Å². The molecule has 0 radical (unpaired) electrons. The molecule has 1 aromatic rings. The second kappa shape index (κ2) is 8.53. The predicted octanol–water partition coefficient (Wildman–Crippen LogP) is 1.89. The van der Waals surface area contributed by atoms with Gasteiger partial charge in [-0.3, -0.25) is 4.79 Å². The monoisotopic (exact) mass is 210 g/mol. The smallest absolute Gasteiger partial charge is 0.142 e. The van der Waals surface area contributed by atoms with Crippen LogP contribution in [-0.4, -0.2) is 23.4 Å². The summed E-state index contributed by atoms with van der Waals surface area (Å²) in [7, 11) is 0. The molecule has 0 bridgehead atoms.